The van der Waals surface area contributed by atoms with Gasteiger partial charge >= 0.3 is 6.03 Å². The number of hydrogen-bond acceptors (Lipinski definition) is 4. The molecule has 0 bridgehead atoms. The Labute approximate surface area is 215 Å². The first kappa shape index (κ1) is 27.8. The molecule has 3 rings (SSSR count). The molecular weight excluding hydrogens is 464 g/mol. The molecule has 1 aromatic rings. The molecule has 8 heteroatoms. The zero-order valence-corrected chi connectivity index (χ0v) is 22.3. The van der Waals surface area contributed by atoms with Gasteiger partial charge in [0.25, 0.3) is 0 Å². The molecule has 1 aliphatic heterocycles. The summed E-state index contributed by atoms with van der Waals surface area (Å²) in [5, 5.41) is 9.82. The molecule has 196 valence electrons. The molecule has 1 aromatic carbocycles. The maximum Gasteiger partial charge on any atom is 0.317 e. The molecule has 3 N–H and O–H groups in total. The number of carbonyl (C=O) groups is 2. The van der Waals surface area contributed by atoms with Crippen LogP contribution in [0.25, 0.3) is 0 Å². The van der Waals surface area contributed by atoms with Crippen LogP contribution in [-0.2, 0) is 15.1 Å². The highest BCUT2D eigenvalue weighted by atomic mass is 35.5. The van der Waals surface area contributed by atoms with Crippen molar-refractivity contribution in [1.29, 1.82) is 0 Å². The van der Waals surface area contributed by atoms with Crippen LogP contribution in [0, 0.1) is 11.8 Å². The van der Waals surface area contributed by atoms with Gasteiger partial charge in [0.2, 0.25) is 5.91 Å². The van der Waals surface area contributed by atoms with Gasteiger partial charge in [-0.25, -0.2) is 4.79 Å². The van der Waals surface area contributed by atoms with Crippen molar-refractivity contribution in [3.63, 3.8) is 0 Å². The maximum atomic E-state index is 13.4. The number of likely N-dealkylation sites (tertiary alicyclic amines) is 1. The lowest BCUT2D eigenvalue weighted by molar-refractivity contribution is -0.140. The number of rotatable bonds is 10. The van der Waals surface area contributed by atoms with Crippen LogP contribution >= 0.6 is 11.6 Å². The molecule has 1 aliphatic carbocycles. The third-order valence-corrected chi connectivity index (χ3v) is 8.02. The summed E-state index contributed by atoms with van der Waals surface area (Å²) in [6.07, 6.45) is 9.29. The molecule has 0 radical (unpaired) electrons. The van der Waals surface area contributed by atoms with E-state index in [0.717, 1.165) is 37.9 Å². The zero-order chi connectivity index (χ0) is 25.3. The molecule has 0 aromatic heterocycles. The van der Waals surface area contributed by atoms with Crippen molar-refractivity contribution < 1.29 is 14.3 Å². The van der Waals surface area contributed by atoms with E-state index in [0.29, 0.717) is 17.5 Å². The van der Waals surface area contributed by atoms with Crippen molar-refractivity contribution in [3.05, 3.63) is 34.9 Å². The van der Waals surface area contributed by atoms with Crippen molar-refractivity contribution >= 4 is 23.5 Å². The number of nitrogens with zero attached hydrogens (tertiary/aromatic N) is 1. The predicted molar refractivity (Wildman–Crippen MR) is 141 cm³/mol. The smallest absolute Gasteiger partial charge is 0.317 e. The van der Waals surface area contributed by atoms with Crippen LogP contribution in [0.1, 0.15) is 63.9 Å². The Morgan fingerprint density at radius 3 is 2.63 bits per heavy atom. The summed E-state index contributed by atoms with van der Waals surface area (Å²) in [6.45, 7) is 4.03. The fraction of sp³-hybridized carbons (Fsp3) is 0.704. The lowest BCUT2D eigenvalue weighted by atomic mass is 9.78. The van der Waals surface area contributed by atoms with E-state index in [-0.39, 0.29) is 30.5 Å². The van der Waals surface area contributed by atoms with Crippen LogP contribution in [0.2, 0.25) is 5.02 Å². The maximum absolute atomic E-state index is 13.4. The molecular formula is C27H43ClN4O3. The molecule has 1 unspecified atom stereocenters. The number of benzene rings is 1. The van der Waals surface area contributed by atoms with Crippen molar-refractivity contribution in [2.75, 3.05) is 40.3 Å². The summed E-state index contributed by atoms with van der Waals surface area (Å²) in [6, 6.07) is 7.74. The Bertz CT molecular complexity index is 832. The standard InChI is InChI=1S/C27H43ClN4O3/c1-27(35-19-25(33)30-3,21-11-7-13-23(28)16-21)22-12-8-14-32(18-22)26(34)31-24(17-29-2)15-20-9-5-4-6-10-20/h7,11,13,16,20,22,24,29H,4-6,8-10,12,14-15,17-19H2,1-3H3,(H,30,33)(H,31,34)/t22?,24-,27-/m0/s1. The van der Waals surface area contributed by atoms with Gasteiger partial charge in [0.15, 0.2) is 0 Å². The molecule has 1 saturated carbocycles. The SMILES string of the molecule is CNC[C@H](CC1CCCCC1)NC(=O)N1CCCC([C@@](C)(OCC(=O)NC)c2cccc(Cl)c2)C1. The van der Waals surface area contributed by atoms with Crippen LogP contribution in [0.3, 0.4) is 0 Å². The van der Waals surface area contributed by atoms with E-state index >= 15 is 0 Å². The summed E-state index contributed by atoms with van der Waals surface area (Å²) in [5.41, 5.74) is 0.176. The normalized spacial score (nSPS) is 21.7. The van der Waals surface area contributed by atoms with E-state index in [2.05, 4.69) is 16.0 Å². The van der Waals surface area contributed by atoms with E-state index in [9.17, 15) is 9.59 Å². The topological polar surface area (TPSA) is 82.7 Å². The number of piperidine rings is 1. The lowest BCUT2D eigenvalue weighted by Crippen LogP contribution is -2.54. The lowest BCUT2D eigenvalue weighted by Gasteiger charge is -2.44. The van der Waals surface area contributed by atoms with Crippen LogP contribution in [0.15, 0.2) is 24.3 Å². The highest BCUT2D eigenvalue weighted by Crippen LogP contribution is 2.39. The molecule has 3 atom stereocenters. The van der Waals surface area contributed by atoms with Gasteiger partial charge in [0.05, 0.1) is 5.60 Å². The van der Waals surface area contributed by atoms with E-state index in [1.165, 1.54) is 32.1 Å². The van der Waals surface area contributed by atoms with Crippen LogP contribution < -0.4 is 16.0 Å². The van der Waals surface area contributed by atoms with E-state index in [1.807, 2.05) is 43.1 Å². The summed E-state index contributed by atoms with van der Waals surface area (Å²) < 4.78 is 6.27. The van der Waals surface area contributed by atoms with E-state index < -0.39 is 5.60 Å². The Kier molecular flexibility index (Phi) is 10.7. The average Bonchev–Trinajstić information content (AvgIpc) is 2.87. The second-order valence-electron chi connectivity index (χ2n) is 10.3. The van der Waals surface area contributed by atoms with Gasteiger partial charge in [0.1, 0.15) is 6.61 Å². The number of halogens is 1. The fourth-order valence-electron chi connectivity index (χ4n) is 5.66. The molecule has 35 heavy (non-hydrogen) atoms. The van der Waals surface area contributed by atoms with Gasteiger partial charge in [-0.3, -0.25) is 4.79 Å². The summed E-state index contributed by atoms with van der Waals surface area (Å²) in [7, 11) is 3.54. The van der Waals surface area contributed by atoms with Crippen molar-refractivity contribution in [2.24, 2.45) is 11.8 Å². The Morgan fingerprint density at radius 2 is 1.94 bits per heavy atom. The Balaban J connectivity index is 1.70. The number of urea groups is 1. The van der Waals surface area contributed by atoms with E-state index in [1.54, 1.807) is 7.05 Å². The van der Waals surface area contributed by atoms with Gasteiger partial charge in [-0.1, -0.05) is 55.8 Å². The van der Waals surface area contributed by atoms with Crippen molar-refractivity contribution in [2.45, 2.75) is 69.9 Å². The molecule has 1 saturated heterocycles. The van der Waals surface area contributed by atoms with Gasteiger partial charge in [-0.05, 0) is 56.8 Å². The first-order valence-corrected chi connectivity index (χ1v) is 13.5. The Morgan fingerprint density at radius 1 is 1.17 bits per heavy atom. The molecule has 0 spiro atoms. The number of ether oxygens (including phenoxy) is 1. The van der Waals surface area contributed by atoms with Gasteiger partial charge in [-0.15, -0.1) is 0 Å². The Hall–Kier alpha value is -1.83. The number of likely N-dealkylation sites (N-methyl/N-ethyl adjacent to an activating group) is 2. The van der Waals surface area contributed by atoms with Crippen LogP contribution in [-0.4, -0.2) is 63.2 Å². The first-order chi connectivity index (χ1) is 16.9. The van der Waals surface area contributed by atoms with Gasteiger partial charge in [-0.2, -0.15) is 0 Å². The summed E-state index contributed by atoms with van der Waals surface area (Å²) in [4.78, 5) is 27.3. The molecule has 3 amide bonds. The third-order valence-electron chi connectivity index (χ3n) is 7.79. The summed E-state index contributed by atoms with van der Waals surface area (Å²) >= 11 is 6.31. The molecule has 2 fully saturated rings. The van der Waals surface area contributed by atoms with Crippen molar-refractivity contribution in [3.8, 4) is 0 Å². The molecule has 7 nitrogen and oxygen atoms in total. The van der Waals surface area contributed by atoms with Gasteiger partial charge < -0.3 is 25.6 Å². The van der Waals surface area contributed by atoms with Gasteiger partial charge in [0, 0.05) is 43.7 Å². The minimum atomic E-state index is -0.747. The number of nitrogens with one attached hydrogen (secondary N) is 3. The third kappa shape index (κ3) is 7.83. The average molecular weight is 507 g/mol. The fourth-order valence-corrected chi connectivity index (χ4v) is 5.85. The summed E-state index contributed by atoms with van der Waals surface area (Å²) in [5.74, 6) is 0.549. The number of hydrogen-bond donors (Lipinski definition) is 3. The quantitative estimate of drug-likeness (QED) is 0.442. The molecule has 1 heterocycles. The monoisotopic (exact) mass is 506 g/mol. The number of carbonyl (C=O) groups excluding carboxylic acids is 2. The van der Waals surface area contributed by atoms with E-state index in [4.69, 9.17) is 16.3 Å². The second kappa shape index (κ2) is 13.5. The predicted octanol–water partition coefficient (Wildman–Crippen LogP) is 4.30. The highest BCUT2D eigenvalue weighted by molar-refractivity contribution is 6.30. The van der Waals surface area contributed by atoms with Crippen molar-refractivity contribution in [1.82, 2.24) is 20.9 Å². The largest absolute Gasteiger partial charge is 0.360 e. The minimum Gasteiger partial charge on any atom is -0.360 e. The van der Waals surface area contributed by atoms with Crippen LogP contribution in [0.4, 0.5) is 4.79 Å². The highest BCUT2D eigenvalue weighted by Gasteiger charge is 2.41. The second-order valence-corrected chi connectivity index (χ2v) is 10.7. The van der Waals surface area contributed by atoms with Crippen LogP contribution in [0.5, 0.6) is 0 Å². The number of amides is 3. The first-order valence-electron chi connectivity index (χ1n) is 13.2. The zero-order valence-electron chi connectivity index (χ0n) is 21.6. The molecule has 2 aliphatic rings. The minimum absolute atomic E-state index is 0.00879.